The Balaban J connectivity index is 2.09. The summed E-state index contributed by atoms with van der Waals surface area (Å²) in [5.41, 5.74) is -3.56. The van der Waals surface area contributed by atoms with Crippen molar-refractivity contribution in [3.8, 4) is 0 Å². The molecule has 2 aromatic carbocycles. The smallest absolute Gasteiger partial charge is 0.379 e. The van der Waals surface area contributed by atoms with E-state index in [0.29, 0.717) is 16.6 Å². The lowest BCUT2D eigenvalue weighted by Crippen LogP contribution is -2.42. The summed E-state index contributed by atoms with van der Waals surface area (Å²) < 4.78 is 39.3. The highest BCUT2D eigenvalue weighted by Crippen LogP contribution is 2.38. The number of rotatable bonds is 6. The van der Waals surface area contributed by atoms with Gasteiger partial charge in [-0.2, -0.15) is 13.2 Å². The van der Waals surface area contributed by atoms with Crippen molar-refractivity contribution < 1.29 is 32.7 Å². The van der Waals surface area contributed by atoms with Gasteiger partial charge in [-0.3, -0.25) is 19.3 Å². The molecule has 0 heterocycles. The van der Waals surface area contributed by atoms with Crippen molar-refractivity contribution in [2.45, 2.75) is 37.4 Å². The Morgan fingerprint density at radius 3 is 2.15 bits per heavy atom. The van der Waals surface area contributed by atoms with E-state index in [0.717, 1.165) is 28.8 Å². The first-order valence-corrected chi connectivity index (χ1v) is 10.4. The van der Waals surface area contributed by atoms with E-state index in [-0.39, 0.29) is 11.4 Å². The molecule has 0 saturated carbocycles. The summed E-state index contributed by atoms with van der Waals surface area (Å²) in [7, 11) is 0. The minimum absolute atomic E-state index is 0.131. The number of thioether (sulfide) groups is 1. The Kier molecular flexibility index (Phi) is 7.89. The van der Waals surface area contributed by atoms with Gasteiger partial charge in [0.05, 0.1) is 17.8 Å². The van der Waals surface area contributed by atoms with Crippen molar-refractivity contribution in [3.63, 3.8) is 0 Å². The Bertz CT molecular complexity index is 1100. The standard InChI is InChI=1S/C22H20F3N3O4S/c1-13(29)28(14(2)30)16-6-8-17(9-7-16)33-12-21(3,32)20(31)27-15-5-10-19(26-4)18(11-15)22(23,24)25/h5-11,32H,12H2,1-3H3,(H,27,31). The summed E-state index contributed by atoms with van der Waals surface area (Å²) >= 11 is 1.10. The van der Waals surface area contributed by atoms with Gasteiger partial charge in [-0.25, -0.2) is 4.85 Å². The van der Waals surface area contributed by atoms with Crippen LogP contribution >= 0.6 is 11.8 Å². The topological polar surface area (TPSA) is 91.1 Å². The first-order valence-electron chi connectivity index (χ1n) is 9.43. The van der Waals surface area contributed by atoms with E-state index in [1.807, 2.05) is 0 Å². The Labute approximate surface area is 192 Å². The summed E-state index contributed by atoms with van der Waals surface area (Å²) in [5.74, 6) is -1.94. The fourth-order valence-corrected chi connectivity index (χ4v) is 3.68. The molecule has 1 unspecified atom stereocenters. The van der Waals surface area contributed by atoms with E-state index >= 15 is 0 Å². The molecule has 11 heteroatoms. The molecule has 0 aliphatic heterocycles. The van der Waals surface area contributed by atoms with Crippen LogP contribution in [0.3, 0.4) is 0 Å². The molecule has 2 aromatic rings. The van der Waals surface area contributed by atoms with Crippen LogP contribution in [-0.2, 0) is 20.6 Å². The van der Waals surface area contributed by atoms with Crippen molar-refractivity contribution in [1.82, 2.24) is 0 Å². The van der Waals surface area contributed by atoms with Crippen LogP contribution in [0.4, 0.5) is 30.2 Å². The molecule has 0 aliphatic rings. The molecule has 0 fully saturated rings. The van der Waals surface area contributed by atoms with E-state index in [9.17, 15) is 32.7 Å². The van der Waals surface area contributed by atoms with Gasteiger partial charge in [0.1, 0.15) is 5.60 Å². The lowest BCUT2D eigenvalue weighted by atomic mass is 10.1. The first kappa shape index (κ1) is 25.9. The zero-order chi connectivity index (χ0) is 25.0. The van der Waals surface area contributed by atoms with Crippen LogP contribution in [0.2, 0.25) is 0 Å². The van der Waals surface area contributed by atoms with Gasteiger partial charge in [0.15, 0.2) is 5.69 Å². The monoisotopic (exact) mass is 479 g/mol. The molecule has 33 heavy (non-hydrogen) atoms. The van der Waals surface area contributed by atoms with Crippen molar-refractivity contribution in [2.24, 2.45) is 0 Å². The lowest BCUT2D eigenvalue weighted by Gasteiger charge is -2.22. The van der Waals surface area contributed by atoms with Gasteiger partial charge in [0.25, 0.3) is 5.91 Å². The van der Waals surface area contributed by atoms with Gasteiger partial charge in [0.2, 0.25) is 11.8 Å². The van der Waals surface area contributed by atoms with E-state index in [4.69, 9.17) is 6.57 Å². The summed E-state index contributed by atoms with van der Waals surface area (Å²) in [5, 5.41) is 12.8. The number of hydrogen-bond donors (Lipinski definition) is 2. The van der Waals surface area contributed by atoms with Crippen molar-refractivity contribution in [1.29, 1.82) is 0 Å². The maximum absolute atomic E-state index is 13.1. The number of nitrogens with one attached hydrogen (secondary N) is 1. The summed E-state index contributed by atoms with van der Waals surface area (Å²) in [6, 6.07) is 9.02. The predicted octanol–water partition coefficient (Wildman–Crippen LogP) is 4.64. The van der Waals surface area contributed by atoms with Crippen LogP contribution in [0.25, 0.3) is 4.85 Å². The third-order valence-electron chi connectivity index (χ3n) is 4.41. The molecule has 3 amide bonds. The number of benzene rings is 2. The number of amides is 3. The van der Waals surface area contributed by atoms with E-state index in [2.05, 4.69) is 10.2 Å². The number of alkyl halides is 3. The highest BCUT2D eigenvalue weighted by atomic mass is 32.2. The fraction of sp³-hybridized carbons (Fsp3) is 0.273. The molecule has 7 nitrogen and oxygen atoms in total. The third kappa shape index (κ3) is 6.57. The molecular weight excluding hydrogens is 459 g/mol. The summed E-state index contributed by atoms with van der Waals surface area (Å²) in [4.78, 5) is 40.1. The minimum atomic E-state index is -4.77. The Hall–Kier alpha value is -3.36. The number of hydrogen-bond acceptors (Lipinski definition) is 5. The number of carbonyl (C=O) groups excluding carboxylic acids is 3. The molecule has 0 radical (unpaired) electrons. The number of nitrogens with zero attached hydrogens (tertiary/aromatic N) is 2. The van der Waals surface area contributed by atoms with Gasteiger partial charge in [0, 0.05) is 30.2 Å². The third-order valence-corrected chi connectivity index (χ3v) is 5.73. The second kappa shape index (κ2) is 10.1. The van der Waals surface area contributed by atoms with Gasteiger partial charge < -0.3 is 10.4 Å². The Morgan fingerprint density at radius 2 is 1.67 bits per heavy atom. The number of carbonyl (C=O) groups is 3. The SMILES string of the molecule is [C-]#[N+]c1ccc(NC(=O)C(C)(O)CSc2ccc(N(C(C)=O)C(C)=O)cc2)cc1C(F)(F)F. The quantitative estimate of drug-likeness (QED) is 0.466. The second-order valence-electron chi connectivity index (χ2n) is 7.23. The van der Waals surface area contributed by atoms with Crippen molar-refractivity contribution in [2.75, 3.05) is 16.0 Å². The number of imide groups is 1. The zero-order valence-corrected chi connectivity index (χ0v) is 18.7. The van der Waals surface area contributed by atoms with Crippen LogP contribution in [0.5, 0.6) is 0 Å². The van der Waals surface area contributed by atoms with Gasteiger partial charge in [-0.15, -0.1) is 11.8 Å². The van der Waals surface area contributed by atoms with E-state index < -0.39 is 40.7 Å². The number of aliphatic hydroxyl groups is 1. The van der Waals surface area contributed by atoms with Crippen LogP contribution < -0.4 is 10.2 Å². The van der Waals surface area contributed by atoms with Crippen molar-refractivity contribution in [3.05, 3.63) is 59.4 Å². The molecule has 0 spiro atoms. The van der Waals surface area contributed by atoms with Crippen LogP contribution in [0, 0.1) is 6.57 Å². The van der Waals surface area contributed by atoms with E-state index in [1.165, 1.54) is 32.9 Å². The highest BCUT2D eigenvalue weighted by Gasteiger charge is 2.35. The Morgan fingerprint density at radius 1 is 1.09 bits per heavy atom. The lowest BCUT2D eigenvalue weighted by molar-refractivity contribution is -0.137. The molecular formula is C22H20F3N3O4S. The molecule has 0 bridgehead atoms. The molecule has 0 aromatic heterocycles. The summed E-state index contributed by atoms with van der Waals surface area (Å²) in [6.07, 6.45) is -4.77. The summed E-state index contributed by atoms with van der Waals surface area (Å²) in [6.45, 7) is 10.6. The van der Waals surface area contributed by atoms with Crippen LogP contribution in [0.1, 0.15) is 26.3 Å². The average Bonchev–Trinajstić information content (AvgIpc) is 2.72. The molecule has 2 N–H and O–H groups in total. The second-order valence-corrected chi connectivity index (χ2v) is 8.27. The van der Waals surface area contributed by atoms with Crippen molar-refractivity contribution >= 4 is 46.5 Å². The molecule has 174 valence electrons. The molecule has 0 aliphatic carbocycles. The van der Waals surface area contributed by atoms with Crippen LogP contribution in [-0.4, -0.2) is 34.2 Å². The maximum atomic E-state index is 13.1. The number of halogens is 3. The van der Waals surface area contributed by atoms with Crippen LogP contribution in [0.15, 0.2) is 47.4 Å². The molecule has 2 rings (SSSR count). The normalized spacial score (nSPS) is 12.9. The highest BCUT2D eigenvalue weighted by molar-refractivity contribution is 7.99. The number of anilines is 2. The molecule has 1 atom stereocenters. The molecule has 0 saturated heterocycles. The maximum Gasteiger partial charge on any atom is 0.407 e. The van der Waals surface area contributed by atoms with Gasteiger partial charge >= 0.3 is 6.18 Å². The fourth-order valence-electron chi connectivity index (χ4n) is 2.77. The average molecular weight is 479 g/mol. The minimum Gasteiger partial charge on any atom is -0.379 e. The van der Waals surface area contributed by atoms with E-state index in [1.54, 1.807) is 12.1 Å². The van der Waals surface area contributed by atoms with Gasteiger partial charge in [-0.05, 0) is 43.3 Å². The predicted molar refractivity (Wildman–Crippen MR) is 118 cm³/mol. The largest absolute Gasteiger partial charge is 0.407 e. The first-order chi connectivity index (χ1) is 15.3. The zero-order valence-electron chi connectivity index (χ0n) is 17.9. The van der Waals surface area contributed by atoms with Gasteiger partial charge in [-0.1, -0.05) is 6.07 Å².